The fourth-order valence-corrected chi connectivity index (χ4v) is 13.5. The van der Waals surface area contributed by atoms with Crippen LogP contribution in [0.5, 0.6) is 0 Å². The first-order chi connectivity index (χ1) is 37.7. The van der Waals surface area contributed by atoms with E-state index in [0.29, 0.717) is 0 Å². The number of benzene rings is 12. The molecule has 3 aliphatic rings. The molecule has 0 aliphatic heterocycles. The summed E-state index contributed by atoms with van der Waals surface area (Å²) in [6.45, 7) is 0. The number of nitrogens with zero attached hydrogens (tertiary/aromatic N) is 2. The van der Waals surface area contributed by atoms with E-state index in [4.69, 9.17) is 0 Å². The molecule has 1 atom stereocenters. The van der Waals surface area contributed by atoms with E-state index in [2.05, 4.69) is 313 Å². The molecule has 15 rings (SSSR count). The van der Waals surface area contributed by atoms with Crippen molar-refractivity contribution in [2.45, 2.75) is 10.8 Å². The lowest BCUT2D eigenvalue weighted by atomic mass is 9.67. The van der Waals surface area contributed by atoms with Gasteiger partial charge < -0.3 is 9.80 Å². The van der Waals surface area contributed by atoms with Gasteiger partial charge in [0.15, 0.2) is 0 Å². The van der Waals surface area contributed by atoms with Crippen molar-refractivity contribution in [3.63, 3.8) is 0 Å². The predicted octanol–water partition coefficient (Wildman–Crippen LogP) is 19.0. The summed E-state index contributed by atoms with van der Waals surface area (Å²) in [5, 5.41) is 0. The van der Waals surface area contributed by atoms with E-state index in [9.17, 15) is 0 Å². The van der Waals surface area contributed by atoms with Crippen LogP contribution in [0.1, 0.15) is 44.5 Å². The number of hydrogen-bond donors (Lipinski definition) is 0. The number of para-hydroxylation sites is 2. The van der Waals surface area contributed by atoms with Crippen LogP contribution in [0, 0.1) is 0 Å². The molecule has 12 aromatic rings. The Labute approximate surface area is 444 Å². The largest absolute Gasteiger partial charge is 0.310 e. The van der Waals surface area contributed by atoms with Gasteiger partial charge in [-0.05, 0) is 162 Å². The van der Waals surface area contributed by atoms with Gasteiger partial charge >= 0.3 is 0 Å². The Morgan fingerprint density at radius 1 is 0.184 bits per heavy atom. The van der Waals surface area contributed by atoms with E-state index in [1.54, 1.807) is 0 Å². The van der Waals surface area contributed by atoms with E-state index in [1.807, 2.05) is 0 Å². The molecule has 3 aliphatic carbocycles. The molecular formula is C74H50N2. The lowest BCUT2D eigenvalue weighted by Crippen LogP contribution is -2.28. The highest BCUT2D eigenvalue weighted by Gasteiger charge is 2.52. The third kappa shape index (κ3) is 6.41. The quantitative estimate of drug-likeness (QED) is 0.142. The maximum atomic E-state index is 2.53. The number of anilines is 6. The van der Waals surface area contributed by atoms with E-state index >= 15 is 0 Å². The second kappa shape index (κ2) is 17.4. The van der Waals surface area contributed by atoms with Crippen LogP contribution in [0.2, 0.25) is 0 Å². The Kier molecular flexibility index (Phi) is 10.0. The SMILES string of the molecule is c1ccc(-c2cccc(N(c3ccc4c(c3)C(c3ccccc3)(c3ccccc3)c3ccccc3-4)c3ccc4c(c3)C3(c5ccccc5-c5ccc(N(c6ccccc6)c6ccccc6)cc53)c3ccccc3-4)c2)cc1. The zero-order valence-electron chi connectivity index (χ0n) is 41.8. The van der Waals surface area contributed by atoms with Crippen LogP contribution in [-0.2, 0) is 10.8 Å². The summed E-state index contributed by atoms with van der Waals surface area (Å²) >= 11 is 0. The Morgan fingerprint density at radius 2 is 0.487 bits per heavy atom. The molecule has 356 valence electrons. The maximum absolute atomic E-state index is 2.53. The van der Waals surface area contributed by atoms with Crippen molar-refractivity contribution in [2.75, 3.05) is 9.80 Å². The minimum Gasteiger partial charge on any atom is -0.310 e. The van der Waals surface area contributed by atoms with Gasteiger partial charge in [0.05, 0.1) is 10.8 Å². The molecule has 2 nitrogen and oxygen atoms in total. The van der Waals surface area contributed by atoms with Gasteiger partial charge in [0, 0.05) is 34.1 Å². The van der Waals surface area contributed by atoms with Gasteiger partial charge in [-0.1, -0.05) is 231 Å². The average molecular weight is 967 g/mol. The van der Waals surface area contributed by atoms with Gasteiger partial charge in [-0.25, -0.2) is 0 Å². The van der Waals surface area contributed by atoms with Crippen molar-refractivity contribution in [3.8, 4) is 44.5 Å². The lowest BCUT2D eigenvalue weighted by Gasteiger charge is -2.35. The zero-order chi connectivity index (χ0) is 50.2. The standard InChI is InChI=1S/C74H50N2/c1-6-23-51(24-7-1)52-25-22-34-57(47-52)76(59-42-44-64-61-35-16-19-38-67(61)73(70(64)48-59,53-26-8-2-9-27-53)54-28-10-3-11-29-54)60-43-46-66-63-37-18-21-40-69(63)74(72(66)50-60)68-39-20-17-36-62(68)65-45-41-58(49-71(65)74)75(55-30-12-4-13-31-55)56-32-14-5-15-33-56/h1-50H. The van der Waals surface area contributed by atoms with Gasteiger partial charge in [-0.15, -0.1) is 0 Å². The van der Waals surface area contributed by atoms with E-state index in [0.717, 1.165) is 39.7 Å². The highest BCUT2D eigenvalue weighted by atomic mass is 15.1. The topological polar surface area (TPSA) is 6.48 Å². The van der Waals surface area contributed by atoms with Crippen LogP contribution in [-0.4, -0.2) is 0 Å². The third-order valence-corrected chi connectivity index (χ3v) is 16.5. The molecule has 0 saturated heterocycles. The first kappa shape index (κ1) is 43.8. The summed E-state index contributed by atoms with van der Waals surface area (Å²) in [6.07, 6.45) is 0. The molecule has 0 bridgehead atoms. The monoisotopic (exact) mass is 966 g/mol. The highest BCUT2D eigenvalue weighted by molar-refractivity contribution is 5.98. The van der Waals surface area contributed by atoms with Crippen molar-refractivity contribution >= 4 is 34.1 Å². The second-order valence-electron chi connectivity index (χ2n) is 20.3. The zero-order valence-corrected chi connectivity index (χ0v) is 41.8. The molecule has 0 amide bonds. The molecule has 12 aromatic carbocycles. The molecule has 1 unspecified atom stereocenters. The average Bonchev–Trinajstić information content (AvgIpc) is 4.29. The lowest BCUT2D eigenvalue weighted by molar-refractivity contribution is 0.768. The molecule has 0 aromatic heterocycles. The Bertz CT molecular complexity index is 4080. The molecule has 0 fully saturated rings. The summed E-state index contributed by atoms with van der Waals surface area (Å²) in [6, 6.07) is 113. The normalized spacial score (nSPS) is 14.7. The maximum Gasteiger partial charge on any atom is 0.0727 e. The predicted molar refractivity (Wildman–Crippen MR) is 315 cm³/mol. The Hall–Kier alpha value is -9.76. The van der Waals surface area contributed by atoms with Crippen LogP contribution in [0.3, 0.4) is 0 Å². The van der Waals surface area contributed by atoms with Gasteiger partial charge in [0.2, 0.25) is 0 Å². The summed E-state index contributed by atoms with van der Waals surface area (Å²) < 4.78 is 0. The van der Waals surface area contributed by atoms with Crippen LogP contribution in [0.25, 0.3) is 44.5 Å². The van der Waals surface area contributed by atoms with E-state index in [-0.39, 0.29) is 0 Å². The van der Waals surface area contributed by atoms with Crippen LogP contribution in [0.15, 0.2) is 303 Å². The van der Waals surface area contributed by atoms with Crippen molar-refractivity contribution in [1.29, 1.82) is 0 Å². The first-order valence-corrected chi connectivity index (χ1v) is 26.4. The summed E-state index contributed by atoms with van der Waals surface area (Å²) in [5.41, 5.74) is 25.6. The smallest absolute Gasteiger partial charge is 0.0727 e. The number of fused-ring (bicyclic) bond motifs is 13. The van der Waals surface area contributed by atoms with Crippen LogP contribution in [0.4, 0.5) is 34.1 Å². The summed E-state index contributed by atoms with van der Waals surface area (Å²) in [7, 11) is 0. The summed E-state index contributed by atoms with van der Waals surface area (Å²) in [5.74, 6) is 0. The number of rotatable bonds is 9. The van der Waals surface area contributed by atoms with Gasteiger partial charge in [0.25, 0.3) is 0 Å². The molecular weight excluding hydrogens is 917 g/mol. The van der Waals surface area contributed by atoms with Crippen molar-refractivity contribution in [2.24, 2.45) is 0 Å². The van der Waals surface area contributed by atoms with Crippen LogP contribution < -0.4 is 9.80 Å². The second-order valence-corrected chi connectivity index (χ2v) is 20.3. The van der Waals surface area contributed by atoms with Gasteiger partial charge in [0.1, 0.15) is 0 Å². The van der Waals surface area contributed by atoms with Crippen LogP contribution >= 0.6 is 0 Å². The van der Waals surface area contributed by atoms with Crippen molar-refractivity contribution < 1.29 is 0 Å². The van der Waals surface area contributed by atoms with Crippen molar-refractivity contribution in [1.82, 2.24) is 0 Å². The van der Waals surface area contributed by atoms with Crippen molar-refractivity contribution in [3.05, 3.63) is 348 Å². The Balaban J connectivity index is 0.992. The molecule has 2 heteroatoms. The minimum atomic E-state index is -0.615. The molecule has 1 spiro atoms. The molecule has 76 heavy (non-hydrogen) atoms. The summed E-state index contributed by atoms with van der Waals surface area (Å²) in [4.78, 5) is 4.91. The molecule has 0 radical (unpaired) electrons. The molecule has 0 saturated carbocycles. The van der Waals surface area contributed by atoms with E-state index in [1.165, 1.54) is 83.5 Å². The fourth-order valence-electron chi connectivity index (χ4n) is 13.5. The van der Waals surface area contributed by atoms with Gasteiger partial charge in [-0.3, -0.25) is 0 Å². The molecule has 0 heterocycles. The van der Waals surface area contributed by atoms with Gasteiger partial charge in [-0.2, -0.15) is 0 Å². The highest BCUT2D eigenvalue weighted by Crippen LogP contribution is 2.64. The Morgan fingerprint density at radius 3 is 0.934 bits per heavy atom. The molecule has 0 N–H and O–H groups in total. The fraction of sp³-hybridized carbons (Fsp3) is 0.0270. The van der Waals surface area contributed by atoms with E-state index < -0.39 is 10.8 Å². The third-order valence-electron chi connectivity index (χ3n) is 16.5. The number of hydrogen-bond acceptors (Lipinski definition) is 2. The first-order valence-electron chi connectivity index (χ1n) is 26.4. The minimum absolute atomic E-state index is 0.561.